The third-order valence-corrected chi connectivity index (χ3v) is 4.94. The minimum Gasteiger partial charge on any atom is -0.313 e. The van der Waals surface area contributed by atoms with Gasteiger partial charge in [0.25, 0.3) is 0 Å². The van der Waals surface area contributed by atoms with Crippen molar-refractivity contribution < 1.29 is 8.42 Å². The van der Waals surface area contributed by atoms with Gasteiger partial charge < -0.3 is 5.32 Å². The number of aryl methyl sites for hydroxylation is 1. The smallest absolute Gasteiger partial charge is 0.240 e. The summed E-state index contributed by atoms with van der Waals surface area (Å²) in [6.07, 6.45) is 1.56. The second-order valence-electron chi connectivity index (χ2n) is 5.66. The Morgan fingerprint density at radius 2 is 1.90 bits per heavy atom. The summed E-state index contributed by atoms with van der Waals surface area (Å²) in [6.45, 7) is 10.2. The van der Waals surface area contributed by atoms with Gasteiger partial charge in [-0.3, -0.25) is 0 Å². The zero-order chi connectivity index (χ0) is 15.9. The third-order valence-electron chi connectivity index (χ3n) is 3.39. The van der Waals surface area contributed by atoms with Crippen LogP contribution >= 0.6 is 0 Å². The van der Waals surface area contributed by atoms with Crippen molar-refractivity contribution in [1.29, 1.82) is 0 Å². The van der Waals surface area contributed by atoms with E-state index < -0.39 is 10.0 Å². The molecule has 0 atom stereocenters. The first kappa shape index (κ1) is 18.1. The molecule has 0 fully saturated rings. The van der Waals surface area contributed by atoms with E-state index in [2.05, 4.69) is 23.9 Å². The zero-order valence-corrected chi connectivity index (χ0v) is 14.4. The van der Waals surface area contributed by atoms with Crippen molar-refractivity contribution in [2.24, 2.45) is 5.92 Å². The van der Waals surface area contributed by atoms with Crippen LogP contribution in [0.15, 0.2) is 23.1 Å². The van der Waals surface area contributed by atoms with Gasteiger partial charge in [-0.15, -0.1) is 0 Å². The van der Waals surface area contributed by atoms with Crippen LogP contribution in [0.3, 0.4) is 0 Å². The lowest BCUT2D eigenvalue weighted by atomic mass is 10.1. The summed E-state index contributed by atoms with van der Waals surface area (Å²) < 4.78 is 27.7. The Kier molecular flexibility index (Phi) is 7.35. The van der Waals surface area contributed by atoms with E-state index in [0.717, 1.165) is 24.1 Å². The molecular formula is C16H28N2O2S. The molecule has 4 nitrogen and oxygen atoms in total. The quantitative estimate of drug-likeness (QED) is 0.737. The second-order valence-corrected chi connectivity index (χ2v) is 7.39. The minimum atomic E-state index is -3.42. The van der Waals surface area contributed by atoms with Crippen LogP contribution in [-0.4, -0.2) is 21.5 Å². The molecule has 0 bridgehead atoms. The normalized spacial score (nSPS) is 12.0. The maximum Gasteiger partial charge on any atom is 0.240 e. The Bertz CT molecular complexity index is 539. The predicted molar refractivity (Wildman–Crippen MR) is 87.8 cm³/mol. The molecule has 0 saturated carbocycles. The van der Waals surface area contributed by atoms with Crippen molar-refractivity contribution in [3.8, 4) is 0 Å². The van der Waals surface area contributed by atoms with Crippen LogP contribution in [0.5, 0.6) is 0 Å². The van der Waals surface area contributed by atoms with E-state index in [1.54, 1.807) is 6.07 Å². The number of hydrogen-bond donors (Lipinski definition) is 2. The Morgan fingerprint density at radius 3 is 2.48 bits per heavy atom. The SMILES string of the molecule is CCNCc1ccc(CC)c(S(=O)(=O)NCCC(C)C)c1. The molecule has 0 unspecified atom stereocenters. The molecule has 0 aliphatic rings. The Morgan fingerprint density at radius 1 is 1.19 bits per heavy atom. The van der Waals surface area contributed by atoms with E-state index in [9.17, 15) is 8.42 Å². The molecule has 1 rings (SSSR count). The lowest BCUT2D eigenvalue weighted by Crippen LogP contribution is -2.27. The molecule has 0 heterocycles. The highest BCUT2D eigenvalue weighted by Crippen LogP contribution is 2.19. The predicted octanol–water partition coefficient (Wildman–Crippen LogP) is 2.68. The van der Waals surface area contributed by atoms with Gasteiger partial charge in [-0.2, -0.15) is 0 Å². The Labute approximate surface area is 129 Å². The van der Waals surface area contributed by atoms with Gasteiger partial charge >= 0.3 is 0 Å². The van der Waals surface area contributed by atoms with Gasteiger partial charge in [0.15, 0.2) is 0 Å². The highest BCUT2D eigenvalue weighted by Gasteiger charge is 2.18. The van der Waals surface area contributed by atoms with Crippen molar-refractivity contribution in [3.63, 3.8) is 0 Å². The third kappa shape index (κ3) is 5.77. The molecule has 0 amide bonds. The fourth-order valence-corrected chi connectivity index (χ4v) is 3.49. The van der Waals surface area contributed by atoms with E-state index in [-0.39, 0.29) is 0 Å². The van der Waals surface area contributed by atoms with Crippen molar-refractivity contribution in [2.75, 3.05) is 13.1 Å². The zero-order valence-electron chi connectivity index (χ0n) is 13.6. The standard InChI is InChI=1S/C16H28N2O2S/c1-5-15-8-7-14(12-17-6-2)11-16(15)21(19,20)18-10-9-13(3)4/h7-8,11,13,17-18H,5-6,9-10,12H2,1-4H3. The highest BCUT2D eigenvalue weighted by atomic mass is 32.2. The summed E-state index contributed by atoms with van der Waals surface area (Å²) in [5.74, 6) is 0.485. The van der Waals surface area contributed by atoms with Crippen LogP contribution in [0, 0.1) is 5.92 Å². The molecular weight excluding hydrogens is 284 g/mol. The first-order valence-corrected chi connectivity index (χ1v) is 9.21. The summed E-state index contributed by atoms with van der Waals surface area (Å²) >= 11 is 0. The molecule has 1 aromatic rings. The van der Waals surface area contributed by atoms with E-state index >= 15 is 0 Å². The van der Waals surface area contributed by atoms with E-state index in [4.69, 9.17) is 0 Å². The summed E-state index contributed by atoms with van der Waals surface area (Å²) in [4.78, 5) is 0.421. The molecule has 0 aliphatic carbocycles. The fourth-order valence-electron chi connectivity index (χ4n) is 2.08. The van der Waals surface area contributed by atoms with Crippen molar-refractivity contribution in [3.05, 3.63) is 29.3 Å². The first-order valence-electron chi connectivity index (χ1n) is 7.72. The molecule has 0 spiro atoms. The number of hydrogen-bond acceptors (Lipinski definition) is 3. The molecule has 21 heavy (non-hydrogen) atoms. The number of benzene rings is 1. The van der Waals surface area contributed by atoms with Crippen LogP contribution in [0.1, 0.15) is 45.2 Å². The van der Waals surface area contributed by atoms with Crippen LogP contribution in [0.25, 0.3) is 0 Å². The van der Waals surface area contributed by atoms with Gasteiger partial charge in [0.2, 0.25) is 10.0 Å². The summed E-state index contributed by atoms with van der Waals surface area (Å²) in [5, 5.41) is 3.22. The molecule has 2 N–H and O–H groups in total. The van der Waals surface area contributed by atoms with Crippen LogP contribution < -0.4 is 10.0 Å². The van der Waals surface area contributed by atoms with E-state index in [1.807, 2.05) is 26.0 Å². The van der Waals surface area contributed by atoms with Gasteiger partial charge in [0.05, 0.1) is 4.90 Å². The molecule has 0 saturated heterocycles. The maximum atomic E-state index is 12.5. The summed E-state index contributed by atoms with van der Waals surface area (Å²) in [6, 6.07) is 5.71. The number of nitrogens with one attached hydrogen (secondary N) is 2. The summed E-state index contributed by atoms with van der Waals surface area (Å²) in [5.41, 5.74) is 1.87. The van der Waals surface area contributed by atoms with Crippen molar-refractivity contribution >= 4 is 10.0 Å². The maximum absolute atomic E-state index is 12.5. The summed E-state index contributed by atoms with van der Waals surface area (Å²) in [7, 11) is -3.42. The van der Waals surface area contributed by atoms with Crippen LogP contribution in [-0.2, 0) is 23.0 Å². The molecule has 5 heteroatoms. The number of rotatable bonds is 9. The van der Waals surface area contributed by atoms with E-state index in [0.29, 0.717) is 30.3 Å². The van der Waals surface area contributed by atoms with Gasteiger partial charge in [-0.05, 0) is 42.5 Å². The molecule has 120 valence electrons. The van der Waals surface area contributed by atoms with Crippen molar-refractivity contribution in [2.45, 2.75) is 52.0 Å². The molecule has 0 aliphatic heterocycles. The topological polar surface area (TPSA) is 58.2 Å². The van der Waals surface area contributed by atoms with Gasteiger partial charge in [-0.1, -0.05) is 39.8 Å². The van der Waals surface area contributed by atoms with Crippen LogP contribution in [0.2, 0.25) is 0 Å². The fraction of sp³-hybridized carbons (Fsp3) is 0.625. The van der Waals surface area contributed by atoms with Crippen LogP contribution in [0.4, 0.5) is 0 Å². The average Bonchev–Trinajstić information content (AvgIpc) is 2.44. The van der Waals surface area contributed by atoms with Gasteiger partial charge in [0, 0.05) is 13.1 Å². The number of sulfonamides is 1. The average molecular weight is 312 g/mol. The minimum absolute atomic E-state index is 0.421. The first-order chi connectivity index (χ1) is 9.90. The highest BCUT2D eigenvalue weighted by molar-refractivity contribution is 7.89. The molecule has 1 aromatic carbocycles. The lowest BCUT2D eigenvalue weighted by Gasteiger charge is -2.13. The Hall–Kier alpha value is -0.910. The van der Waals surface area contributed by atoms with Gasteiger partial charge in [-0.25, -0.2) is 13.1 Å². The second kappa shape index (κ2) is 8.51. The van der Waals surface area contributed by atoms with E-state index in [1.165, 1.54) is 0 Å². The molecule has 0 aromatic heterocycles. The van der Waals surface area contributed by atoms with Crippen molar-refractivity contribution in [1.82, 2.24) is 10.0 Å². The lowest BCUT2D eigenvalue weighted by molar-refractivity contribution is 0.551. The molecule has 0 radical (unpaired) electrons. The monoisotopic (exact) mass is 312 g/mol. The van der Waals surface area contributed by atoms with Gasteiger partial charge in [0.1, 0.15) is 0 Å². The Balaban J connectivity index is 2.96. The largest absolute Gasteiger partial charge is 0.313 e.